The molecule has 7 nitrogen and oxygen atoms in total. The number of nitrogens with zero attached hydrogens (tertiary/aromatic N) is 2. The average molecular weight is 379 g/mol. The molecule has 144 valence electrons. The maximum atomic E-state index is 12.6. The highest BCUT2D eigenvalue weighted by Gasteiger charge is 2.16. The van der Waals surface area contributed by atoms with Crippen LogP contribution in [0.15, 0.2) is 54.6 Å². The Morgan fingerprint density at radius 2 is 1.75 bits per heavy atom. The highest BCUT2D eigenvalue weighted by Crippen LogP contribution is 2.31. The zero-order valence-corrected chi connectivity index (χ0v) is 15.9. The molecule has 0 aliphatic rings. The molecular weight excluding hydrogens is 358 g/mol. The number of anilines is 1. The van der Waals surface area contributed by atoms with Crippen LogP contribution >= 0.6 is 0 Å². The van der Waals surface area contributed by atoms with Crippen LogP contribution in [0, 0.1) is 0 Å². The van der Waals surface area contributed by atoms with Gasteiger partial charge in [0.15, 0.2) is 11.5 Å². The van der Waals surface area contributed by atoms with E-state index in [4.69, 9.17) is 14.2 Å². The van der Waals surface area contributed by atoms with E-state index < -0.39 is 0 Å². The minimum atomic E-state index is -0.288. The number of methoxy groups -OCH3 is 2. The van der Waals surface area contributed by atoms with Crippen LogP contribution in [0.25, 0.3) is 11.3 Å². The van der Waals surface area contributed by atoms with Crippen LogP contribution < -0.4 is 19.5 Å². The largest absolute Gasteiger partial charge is 0.493 e. The molecule has 2 aromatic carbocycles. The standard InChI is InChI=1S/C21H21N3O4/c1-4-28-19-13-12-17(23-24-19)14-8-10-15(11-9-14)22-21(25)16-6-5-7-18(26-2)20(16)27-3/h5-13H,4H2,1-3H3,(H,22,25). The van der Waals surface area contributed by atoms with Crippen molar-refractivity contribution in [3.05, 3.63) is 60.2 Å². The fraction of sp³-hybridized carbons (Fsp3) is 0.190. The minimum Gasteiger partial charge on any atom is -0.493 e. The number of amides is 1. The first-order chi connectivity index (χ1) is 13.7. The first-order valence-electron chi connectivity index (χ1n) is 8.75. The van der Waals surface area contributed by atoms with Gasteiger partial charge in [-0.2, -0.15) is 0 Å². The van der Waals surface area contributed by atoms with Gasteiger partial charge in [0.2, 0.25) is 5.88 Å². The van der Waals surface area contributed by atoms with E-state index in [1.807, 2.05) is 25.1 Å². The van der Waals surface area contributed by atoms with Crippen molar-refractivity contribution in [3.8, 4) is 28.6 Å². The SMILES string of the molecule is CCOc1ccc(-c2ccc(NC(=O)c3cccc(OC)c3OC)cc2)nn1. The van der Waals surface area contributed by atoms with Gasteiger partial charge >= 0.3 is 0 Å². The van der Waals surface area contributed by atoms with Crippen molar-refractivity contribution in [2.24, 2.45) is 0 Å². The van der Waals surface area contributed by atoms with Gasteiger partial charge in [-0.05, 0) is 37.3 Å². The number of hydrogen-bond donors (Lipinski definition) is 1. The first-order valence-corrected chi connectivity index (χ1v) is 8.75. The molecule has 1 N–H and O–H groups in total. The molecular formula is C21H21N3O4. The molecule has 0 radical (unpaired) electrons. The van der Waals surface area contributed by atoms with Crippen molar-refractivity contribution in [1.82, 2.24) is 10.2 Å². The van der Waals surface area contributed by atoms with E-state index in [0.717, 1.165) is 11.3 Å². The van der Waals surface area contributed by atoms with Gasteiger partial charge < -0.3 is 19.5 Å². The average Bonchev–Trinajstić information content (AvgIpc) is 2.74. The Kier molecular flexibility index (Phi) is 6.06. The number of nitrogens with one attached hydrogen (secondary N) is 1. The molecule has 0 atom stereocenters. The Morgan fingerprint density at radius 3 is 2.36 bits per heavy atom. The zero-order chi connectivity index (χ0) is 19.9. The molecule has 0 bridgehead atoms. The van der Waals surface area contributed by atoms with E-state index >= 15 is 0 Å². The third kappa shape index (κ3) is 4.20. The Hall–Kier alpha value is -3.61. The second-order valence-corrected chi connectivity index (χ2v) is 5.76. The summed E-state index contributed by atoms with van der Waals surface area (Å²) < 4.78 is 15.9. The summed E-state index contributed by atoms with van der Waals surface area (Å²) in [5, 5.41) is 11.0. The Balaban J connectivity index is 1.75. The molecule has 0 saturated heterocycles. The smallest absolute Gasteiger partial charge is 0.259 e. The van der Waals surface area contributed by atoms with E-state index in [0.29, 0.717) is 35.2 Å². The molecule has 1 heterocycles. The van der Waals surface area contributed by atoms with Crippen molar-refractivity contribution < 1.29 is 19.0 Å². The Labute approximate surface area is 163 Å². The van der Waals surface area contributed by atoms with Crippen molar-refractivity contribution >= 4 is 11.6 Å². The molecule has 0 spiro atoms. The summed E-state index contributed by atoms with van der Waals surface area (Å²) in [6.07, 6.45) is 0. The molecule has 0 aliphatic carbocycles. The number of carbonyl (C=O) groups excluding carboxylic acids is 1. The summed E-state index contributed by atoms with van der Waals surface area (Å²) in [5.41, 5.74) is 2.64. The quantitative estimate of drug-likeness (QED) is 0.672. The molecule has 0 aliphatic heterocycles. The van der Waals surface area contributed by atoms with Crippen LogP contribution in [0.4, 0.5) is 5.69 Å². The van der Waals surface area contributed by atoms with Gasteiger partial charge in [-0.15, -0.1) is 10.2 Å². The lowest BCUT2D eigenvalue weighted by atomic mass is 10.1. The molecule has 3 aromatic rings. The highest BCUT2D eigenvalue weighted by molar-refractivity contribution is 6.06. The number of benzene rings is 2. The van der Waals surface area contributed by atoms with Crippen LogP contribution in [-0.4, -0.2) is 36.9 Å². The number of ether oxygens (including phenoxy) is 3. The topological polar surface area (TPSA) is 82.6 Å². The van der Waals surface area contributed by atoms with Crippen LogP contribution in [0.1, 0.15) is 17.3 Å². The number of para-hydroxylation sites is 1. The van der Waals surface area contributed by atoms with E-state index in [2.05, 4.69) is 15.5 Å². The van der Waals surface area contributed by atoms with Gasteiger partial charge in [0.05, 0.1) is 32.1 Å². The van der Waals surface area contributed by atoms with Crippen LogP contribution in [0.5, 0.6) is 17.4 Å². The van der Waals surface area contributed by atoms with Gasteiger partial charge in [0, 0.05) is 17.3 Å². The fourth-order valence-corrected chi connectivity index (χ4v) is 2.69. The summed E-state index contributed by atoms with van der Waals surface area (Å²) in [5.74, 6) is 1.09. The monoisotopic (exact) mass is 379 g/mol. The van der Waals surface area contributed by atoms with Crippen LogP contribution in [0.3, 0.4) is 0 Å². The maximum Gasteiger partial charge on any atom is 0.259 e. The molecule has 0 unspecified atom stereocenters. The predicted octanol–water partition coefficient (Wildman–Crippen LogP) is 3.81. The Morgan fingerprint density at radius 1 is 0.964 bits per heavy atom. The van der Waals surface area contributed by atoms with E-state index in [9.17, 15) is 4.79 Å². The number of hydrogen-bond acceptors (Lipinski definition) is 6. The van der Waals surface area contributed by atoms with Gasteiger partial charge in [-0.25, -0.2) is 0 Å². The molecule has 3 rings (SSSR count). The lowest BCUT2D eigenvalue weighted by Crippen LogP contribution is -2.13. The van der Waals surface area contributed by atoms with E-state index in [1.165, 1.54) is 14.2 Å². The molecule has 1 amide bonds. The highest BCUT2D eigenvalue weighted by atomic mass is 16.5. The number of aromatic nitrogens is 2. The van der Waals surface area contributed by atoms with Crippen molar-refractivity contribution in [2.45, 2.75) is 6.92 Å². The third-order valence-corrected chi connectivity index (χ3v) is 4.02. The third-order valence-electron chi connectivity index (χ3n) is 4.02. The second kappa shape index (κ2) is 8.85. The summed E-state index contributed by atoms with van der Waals surface area (Å²) in [6.45, 7) is 2.43. The molecule has 7 heteroatoms. The van der Waals surface area contributed by atoms with Gasteiger partial charge in [0.25, 0.3) is 5.91 Å². The van der Waals surface area contributed by atoms with Gasteiger partial charge in [0.1, 0.15) is 0 Å². The van der Waals surface area contributed by atoms with Crippen LogP contribution in [0.2, 0.25) is 0 Å². The lowest BCUT2D eigenvalue weighted by Gasteiger charge is -2.12. The minimum absolute atomic E-state index is 0.288. The molecule has 0 saturated carbocycles. The summed E-state index contributed by atoms with van der Waals surface area (Å²) in [6, 6.07) is 16.1. The number of carbonyl (C=O) groups is 1. The lowest BCUT2D eigenvalue weighted by molar-refractivity contribution is 0.102. The molecule has 1 aromatic heterocycles. The Bertz CT molecular complexity index is 941. The van der Waals surface area contributed by atoms with E-state index in [1.54, 1.807) is 36.4 Å². The summed E-state index contributed by atoms with van der Waals surface area (Å²) in [7, 11) is 3.03. The normalized spacial score (nSPS) is 10.2. The fourth-order valence-electron chi connectivity index (χ4n) is 2.69. The van der Waals surface area contributed by atoms with Crippen molar-refractivity contribution in [1.29, 1.82) is 0 Å². The van der Waals surface area contributed by atoms with Gasteiger partial charge in [-0.3, -0.25) is 4.79 Å². The maximum absolute atomic E-state index is 12.6. The van der Waals surface area contributed by atoms with Gasteiger partial charge in [-0.1, -0.05) is 18.2 Å². The first kappa shape index (κ1) is 19.2. The molecule has 0 fully saturated rings. The number of rotatable bonds is 7. The molecule has 28 heavy (non-hydrogen) atoms. The van der Waals surface area contributed by atoms with Crippen molar-refractivity contribution in [3.63, 3.8) is 0 Å². The van der Waals surface area contributed by atoms with Crippen LogP contribution in [-0.2, 0) is 0 Å². The van der Waals surface area contributed by atoms with E-state index in [-0.39, 0.29) is 5.91 Å². The van der Waals surface area contributed by atoms with Crippen molar-refractivity contribution in [2.75, 3.05) is 26.1 Å². The summed E-state index contributed by atoms with van der Waals surface area (Å²) >= 11 is 0. The predicted molar refractivity (Wildman–Crippen MR) is 106 cm³/mol. The zero-order valence-electron chi connectivity index (χ0n) is 15.9. The summed E-state index contributed by atoms with van der Waals surface area (Å²) in [4.78, 5) is 12.6. The second-order valence-electron chi connectivity index (χ2n) is 5.76.